The number of methoxy groups -OCH3 is 1. The second-order valence-corrected chi connectivity index (χ2v) is 8.01. The number of piperazine rings is 1. The molecule has 11 heteroatoms. The molecule has 1 N–H and O–H groups in total. The Morgan fingerprint density at radius 1 is 1.10 bits per heavy atom. The van der Waals surface area contributed by atoms with Gasteiger partial charge in [0, 0.05) is 37.4 Å². The fourth-order valence-electron chi connectivity index (χ4n) is 3.18. The second kappa shape index (κ2) is 9.35. The maximum absolute atomic E-state index is 12.6. The molecular formula is C20H18BrClF3N3O3. The van der Waals surface area contributed by atoms with Gasteiger partial charge < -0.3 is 19.9 Å². The smallest absolute Gasteiger partial charge is 0.471 e. The van der Waals surface area contributed by atoms with Crippen molar-refractivity contribution in [2.24, 2.45) is 0 Å². The molecule has 1 heterocycles. The van der Waals surface area contributed by atoms with Crippen molar-refractivity contribution in [1.82, 2.24) is 4.90 Å². The highest BCUT2D eigenvalue weighted by Gasteiger charge is 2.43. The number of anilines is 2. The number of ether oxygens (including phenoxy) is 1. The zero-order chi connectivity index (χ0) is 22.8. The van der Waals surface area contributed by atoms with Crippen molar-refractivity contribution in [3.8, 4) is 5.75 Å². The van der Waals surface area contributed by atoms with E-state index in [-0.39, 0.29) is 32.1 Å². The minimum absolute atomic E-state index is 0.0560. The number of alkyl halides is 3. The minimum atomic E-state index is -4.88. The van der Waals surface area contributed by atoms with Crippen LogP contribution in [0.1, 0.15) is 10.4 Å². The Morgan fingerprint density at radius 2 is 1.77 bits per heavy atom. The largest absolute Gasteiger partial charge is 0.496 e. The highest BCUT2D eigenvalue weighted by molar-refractivity contribution is 9.10. The van der Waals surface area contributed by atoms with Crippen LogP contribution in [0, 0.1) is 0 Å². The van der Waals surface area contributed by atoms with E-state index < -0.39 is 12.1 Å². The zero-order valence-corrected chi connectivity index (χ0v) is 18.6. The Hall–Kier alpha value is -2.46. The molecule has 3 rings (SSSR count). The summed E-state index contributed by atoms with van der Waals surface area (Å²) in [5, 5.41) is 3.09. The van der Waals surface area contributed by atoms with Crippen molar-refractivity contribution in [3.63, 3.8) is 0 Å². The summed E-state index contributed by atoms with van der Waals surface area (Å²) in [6.45, 7) is 0.319. The number of rotatable bonds is 4. The minimum Gasteiger partial charge on any atom is -0.496 e. The first-order chi connectivity index (χ1) is 14.6. The quantitative estimate of drug-likeness (QED) is 0.641. The molecule has 0 bridgehead atoms. The van der Waals surface area contributed by atoms with Gasteiger partial charge in [-0.15, -0.1) is 0 Å². The number of hydrogen-bond donors (Lipinski definition) is 1. The van der Waals surface area contributed by atoms with E-state index in [1.807, 2.05) is 0 Å². The summed E-state index contributed by atoms with van der Waals surface area (Å²) in [5.74, 6) is -1.58. The fraction of sp³-hybridized carbons (Fsp3) is 0.300. The Balaban J connectivity index is 1.65. The summed E-state index contributed by atoms with van der Waals surface area (Å²) < 4.78 is 43.5. The highest BCUT2D eigenvalue weighted by atomic mass is 79.9. The van der Waals surface area contributed by atoms with Gasteiger partial charge in [-0.25, -0.2) is 0 Å². The SMILES string of the molecule is COc1ccc(C(=O)Nc2ccc(N3CCN(C(=O)C(F)(F)F)CC3)c(Cl)c2)cc1Br. The molecule has 1 fully saturated rings. The van der Waals surface area contributed by atoms with Crippen LogP contribution in [0.15, 0.2) is 40.9 Å². The van der Waals surface area contributed by atoms with Gasteiger partial charge in [0.25, 0.3) is 5.91 Å². The molecule has 0 radical (unpaired) electrons. The summed E-state index contributed by atoms with van der Waals surface area (Å²) in [4.78, 5) is 26.4. The Kier molecular flexibility index (Phi) is 7.00. The van der Waals surface area contributed by atoms with E-state index in [9.17, 15) is 22.8 Å². The number of hydrogen-bond acceptors (Lipinski definition) is 4. The van der Waals surface area contributed by atoms with Gasteiger partial charge >= 0.3 is 12.1 Å². The molecule has 2 aromatic carbocycles. The third-order valence-electron chi connectivity index (χ3n) is 4.77. The van der Waals surface area contributed by atoms with Crippen molar-refractivity contribution in [2.75, 3.05) is 43.5 Å². The van der Waals surface area contributed by atoms with Crippen LogP contribution in [0.3, 0.4) is 0 Å². The van der Waals surface area contributed by atoms with Gasteiger partial charge in [0.2, 0.25) is 0 Å². The molecule has 0 aliphatic carbocycles. The molecule has 2 aromatic rings. The van der Waals surface area contributed by atoms with Crippen LogP contribution >= 0.6 is 27.5 Å². The Labute approximate surface area is 190 Å². The lowest BCUT2D eigenvalue weighted by Crippen LogP contribution is -2.52. The van der Waals surface area contributed by atoms with E-state index in [2.05, 4.69) is 21.2 Å². The molecule has 0 spiro atoms. The van der Waals surface area contributed by atoms with Gasteiger partial charge in [-0.3, -0.25) is 9.59 Å². The first-order valence-electron chi connectivity index (χ1n) is 9.15. The molecule has 2 amide bonds. The molecule has 1 aliphatic rings. The van der Waals surface area contributed by atoms with Crippen molar-refractivity contribution in [2.45, 2.75) is 6.18 Å². The van der Waals surface area contributed by atoms with Crippen molar-refractivity contribution in [1.29, 1.82) is 0 Å². The van der Waals surface area contributed by atoms with Crippen LogP contribution in [-0.4, -0.2) is 56.2 Å². The zero-order valence-electron chi connectivity index (χ0n) is 16.3. The highest BCUT2D eigenvalue weighted by Crippen LogP contribution is 2.31. The number of halogens is 5. The second-order valence-electron chi connectivity index (χ2n) is 6.75. The van der Waals surface area contributed by atoms with Crippen LogP contribution in [0.5, 0.6) is 5.75 Å². The molecule has 1 aliphatic heterocycles. The lowest BCUT2D eigenvalue weighted by Gasteiger charge is -2.36. The number of carbonyl (C=O) groups is 2. The van der Waals surface area contributed by atoms with Crippen LogP contribution in [0.2, 0.25) is 5.02 Å². The molecule has 0 aromatic heterocycles. The number of nitrogens with one attached hydrogen (secondary N) is 1. The lowest BCUT2D eigenvalue weighted by atomic mass is 10.2. The predicted octanol–water partition coefficient (Wildman–Crippen LogP) is 4.57. The monoisotopic (exact) mass is 519 g/mol. The van der Waals surface area contributed by atoms with Crippen molar-refractivity contribution >= 4 is 50.7 Å². The van der Waals surface area contributed by atoms with E-state index in [0.717, 1.165) is 4.90 Å². The first-order valence-corrected chi connectivity index (χ1v) is 10.3. The summed E-state index contributed by atoms with van der Waals surface area (Å²) in [6, 6.07) is 9.83. The first kappa shape index (κ1) is 23.2. The third kappa shape index (κ3) is 5.43. The number of amides is 2. The molecule has 1 saturated heterocycles. The summed E-state index contributed by atoms with van der Waals surface area (Å²) >= 11 is 9.68. The fourth-order valence-corrected chi connectivity index (χ4v) is 4.02. The molecule has 166 valence electrons. The van der Waals surface area contributed by atoms with E-state index in [1.54, 1.807) is 41.3 Å². The summed E-state index contributed by atoms with van der Waals surface area (Å²) in [7, 11) is 1.53. The Bertz CT molecular complexity index is 995. The maximum Gasteiger partial charge on any atom is 0.471 e. The van der Waals surface area contributed by atoms with Gasteiger partial charge in [-0.05, 0) is 52.3 Å². The standard InChI is InChI=1S/C20H18BrClF3N3O3/c1-31-17-5-2-12(10-14(17)21)18(29)26-13-3-4-16(15(22)11-13)27-6-8-28(9-7-27)19(30)20(23,24)25/h2-5,10-11H,6-9H2,1H3,(H,26,29). The van der Waals surface area contributed by atoms with Gasteiger partial charge in [0.1, 0.15) is 5.75 Å². The molecule has 0 atom stereocenters. The molecule has 0 unspecified atom stereocenters. The van der Waals surface area contributed by atoms with E-state index >= 15 is 0 Å². The van der Waals surface area contributed by atoms with Gasteiger partial charge in [-0.1, -0.05) is 11.6 Å². The average Bonchev–Trinajstić information content (AvgIpc) is 2.72. The molecular weight excluding hydrogens is 503 g/mol. The average molecular weight is 521 g/mol. The van der Waals surface area contributed by atoms with Crippen LogP contribution < -0.4 is 15.0 Å². The van der Waals surface area contributed by atoms with E-state index in [1.165, 1.54) is 7.11 Å². The van der Waals surface area contributed by atoms with Gasteiger partial charge in [0.05, 0.1) is 22.3 Å². The van der Waals surface area contributed by atoms with Gasteiger partial charge in [0.15, 0.2) is 0 Å². The normalized spacial score (nSPS) is 14.4. The Morgan fingerprint density at radius 3 is 2.32 bits per heavy atom. The van der Waals surface area contributed by atoms with Crippen LogP contribution in [-0.2, 0) is 4.79 Å². The number of carbonyl (C=O) groups excluding carboxylic acids is 2. The third-order valence-corrected chi connectivity index (χ3v) is 5.69. The number of nitrogens with zero attached hydrogens (tertiary/aromatic N) is 2. The maximum atomic E-state index is 12.6. The number of benzene rings is 2. The van der Waals surface area contributed by atoms with Gasteiger partial charge in [-0.2, -0.15) is 13.2 Å². The predicted molar refractivity (Wildman–Crippen MR) is 115 cm³/mol. The molecule has 6 nitrogen and oxygen atoms in total. The summed E-state index contributed by atoms with van der Waals surface area (Å²) in [6.07, 6.45) is -4.88. The molecule has 31 heavy (non-hydrogen) atoms. The van der Waals surface area contributed by atoms with Crippen LogP contribution in [0.4, 0.5) is 24.5 Å². The van der Waals surface area contributed by atoms with Crippen molar-refractivity contribution in [3.05, 3.63) is 51.5 Å². The topological polar surface area (TPSA) is 61.9 Å². The molecule has 0 saturated carbocycles. The van der Waals surface area contributed by atoms with Crippen LogP contribution in [0.25, 0.3) is 0 Å². The van der Waals surface area contributed by atoms with E-state index in [0.29, 0.717) is 32.2 Å². The van der Waals surface area contributed by atoms with E-state index in [4.69, 9.17) is 16.3 Å². The summed E-state index contributed by atoms with van der Waals surface area (Å²) in [5.41, 5.74) is 1.50. The van der Waals surface area contributed by atoms with Crippen molar-refractivity contribution < 1.29 is 27.5 Å². The lowest BCUT2D eigenvalue weighted by molar-refractivity contribution is -0.185.